The summed E-state index contributed by atoms with van der Waals surface area (Å²) in [5.41, 5.74) is 0. The highest BCUT2D eigenvalue weighted by Gasteiger charge is 2.26. The van der Waals surface area contributed by atoms with Gasteiger partial charge in [-0.15, -0.1) is 0 Å². The lowest BCUT2D eigenvalue weighted by Crippen LogP contribution is -2.54. The molecule has 2 heterocycles. The van der Waals surface area contributed by atoms with Crippen LogP contribution in [0.3, 0.4) is 0 Å². The smallest absolute Gasteiger partial charge is 0.196 e. The van der Waals surface area contributed by atoms with E-state index in [0.29, 0.717) is 0 Å². The molecule has 2 saturated heterocycles. The molecular formula is C8H15N3. The Hall–Kier alpha value is -0.730. The molecule has 0 unspecified atom stereocenters. The van der Waals surface area contributed by atoms with Crippen LogP contribution in [0.4, 0.5) is 0 Å². The molecule has 0 N–H and O–H groups in total. The van der Waals surface area contributed by atoms with Crippen LogP contribution >= 0.6 is 0 Å². The molecule has 2 rings (SSSR count). The van der Waals surface area contributed by atoms with Gasteiger partial charge >= 0.3 is 0 Å². The van der Waals surface area contributed by atoms with Gasteiger partial charge < -0.3 is 9.80 Å². The summed E-state index contributed by atoms with van der Waals surface area (Å²) in [5.74, 6) is 1.22. The molecule has 2 aliphatic rings. The minimum Gasteiger partial charge on any atom is -0.343 e. The molecular weight excluding hydrogens is 138 g/mol. The van der Waals surface area contributed by atoms with Gasteiger partial charge in [0, 0.05) is 33.2 Å². The van der Waals surface area contributed by atoms with Gasteiger partial charge in [0.25, 0.3) is 0 Å². The Morgan fingerprint density at radius 3 is 1.64 bits per heavy atom. The molecule has 0 saturated carbocycles. The van der Waals surface area contributed by atoms with Gasteiger partial charge in [0.2, 0.25) is 0 Å². The Kier molecular flexibility index (Phi) is 1.72. The summed E-state index contributed by atoms with van der Waals surface area (Å²) in [6, 6.07) is 0. The lowest BCUT2D eigenvalue weighted by Gasteiger charge is -2.43. The quantitative estimate of drug-likeness (QED) is 0.370. The molecule has 0 amide bonds. The van der Waals surface area contributed by atoms with Crippen LogP contribution in [-0.2, 0) is 0 Å². The maximum Gasteiger partial charge on any atom is 0.196 e. The third-order valence-electron chi connectivity index (χ3n) is 2.48. The molecule has 2 aliphatic heterocycles. The number of hydrogen-bond acceptors (Lipinski definition) is 1. The van der Waals surface area contributed by atoms with E-state index in [9.17, 15) is 0 Å². The van der Waals surface area contributed by atoms with Crippen LogP contribution in [0.15, 0.2) is 4.99 Å². The minimum absolute atomic E-state index is 1.21. The number of nitrogens with zero attached hydrogens (tertiary/aromatic N) is 3. The average Bonchev–Trinajstić information content (AvgIpc) is 1.78. The normalized spacial score (nSPS) is 22.3. The van der Waals surface area contributed by atoms with E-state index in [-0.39, 0.29) is 0 Å². The van der Waals surface area contributed by atoms with Crippen LogP contribution in [0.2, 0.25) is 0 Å². The largest absolute Gasteiger partial charge is 0.343 e. The van der Waals surface area contributed by atoms with E-state index in [1.54, 1.807) is 0 Å². The van der Waals surface area contributed by atoms with Crippen molar-refractivity contribution >= 4 is 5.96 Å². The minimum atomic E-state index is 1.21. The van der Waals surface area contributed by atoms with Gasteiger partial charge in [0.05, 0.1) is 0 Å². The molecule has 2 fully saturated rings. The Bertz CT molecular complexity index is 152. The molecule has 0 atom stereocenters. The van der Waals surface area contributed by atoms with Crippen molar-refractivity contribution in [2.75, 3.05) is 33.2 Å². The topological polar surface area (TPSA) is 18.8 Å². The Morgan fingerprint density at radius 1 is 1.00 bits per heavy atom. The fourth-order valence-corrected chi connectivity index (χ4v) is 1.52. The van der Waals surface area contributed by atoms with E-state index in [1.165, 1.54) is 45.0 Å². The molecule has 0 aromatic carbocycles. The SMILES string of the molecule is CN=C(N1CCC1)N1CCC1. The third-order valence-corrected chi connectivity index (χ3v) is 2.48. The van der Waals surface area contributed by atoms with E-state index in [1.807, 2.05) is 7.05 Å². The van der Waals surface area contributed by atoms with Crippen molar-refractivity contribution in [3.05, 3.63) is 0 Å². The number of rotatable bonds is 0. The summed E-state index contributed by atoms with van der Waals surface area (Å²) in [4.78, 5) is 9.02. The Balaban J connectivity index is 1.94. The predicted octanol–water partition coefficient (Wildman–Crippen LogP) is 0.384. The summed E-state index contributed by atoms with van der Waals surface area (Å²) in [7, 11) is 1.89. The molecule has 62 valence electrons. The van der Waals surface area contributed by atoms with Gasteiger partial charge in [0.1, 0.15) is 0 Å². The second-order valence-electron chi connectivity index (χ2n) is 3.20. The first-order chi connectivity index (χ1) is 5.42. The maximum absolute atomic E-state index is 4.30. The van der Waals surface area contributed by atoms with Gasteiger partial charge in [-0.05, 0) is 12.8 Å². The molecule has 0 spiro atoms. The molecule has 0 radical (unpaired) electrons. The van der Waals surface area contributed by atoms with Crippen LogP contribution in [0, 0.1) is 0 Å². The van der Waals surface area contributed by atoms with Crippen molar-refractivity contribution in [3.63, 3.8) is 0 Å². The number of aliphatic imine (C=N–C) groups is 1. The fraction of sp³-hybridized carbons (Fsp3) is 0.875. The van der Waals surface area contributed by atoms with E-state index >= 15 is 0 Å². The van der Waals surface area contributed by atoms with Crippen molar-refractivity contribution < 1.29 is 0 Å². The molecule has 3 nitrogen and oxygen atoms in total. The van der Waals surface area contributed by atoms with Crippen LogP contribution in [-0.4, -0.2) is 49.0 Å². The van der Waals surface area contributed by atoms with Gasteiger partial charge in [-0.2, -0.15) is 0 Å². The Morgan fingerprint density at radius 2 is 1.45 bits per heavy atom. The van der Waals surface area contributed by atoms with E-state index in [0.717, 1.165) is 0 Å². The lowest BCUT2D eigenvalue weighted by molar-refractivity contribution is 0.206. The molecule has 0 bridgehead atoms. The summed E-state index contributed by atoms with van der Waals surface area (Å²) < 4.78 is 0. The first-order valence-electron chi connectivity index (χ1n) is 4.38. The van der Waals surface area contributed by atoms with Gasteiger partial charge in [-0.3, -0.25) is 4.99 Å². The van der Waals surface area contributed by atoms with Crippen molar-refractivity contribution in [2.45, 2.75) is 12.8 Å². The van der Waals surface area contributed by atoms with Crippen LogP contribution < -0.4 is 0 Å². The zero-order valence-corrected chi connectivity index (χ0v) is 7.08. The summed E-state index contributed by atoms with van der Waals surface area (Å²) >= 11 is 0. The van der Waals surface area contributed by atoms with Crippen LogP contribution in [0.1, 0.15) is 12.8 Å². The van der Waals surface area contributed by atoms with Gasteiger partial charge in [-0.1, -0.05) is 0 Å². The molecule has 0 aromatic heterocycles. The van der Waals surface area contributed by atoms with Crippen molar-refractivity contribution in [1.82, 2.24) is 9.80 Å². The van der Waals surface area contributed by atoms with Crippen molar-refractivity contribution in [2.24, 2.45) is 4.99 Å². The first-order valence-corrected chi connectivity index (χ1v) is 4.38. The molecule has 0 aromatic rings. The molecule has 11 heavy (non-hydrogen) atoms. The zero-order chi connectivity index (χ0) is 7.68. The summed E-state index contributed by atoms with van der Waals surface area (Å²) in [6.07, 6.45) is 2.68. The maximum atomic E-state index is 4.30. The van der Waals surface area contributed by atoms with Crippen LogP contribution in [0.25, 0.3) is 0 Å². The predicted molar refractivity (Wildman–Crippen MR) is 45.7 cm³/mol. The van der Waals surface area contributed by atoms with E-state index < -0.39 is 0 Å². The standard InChI is InChI=1S/C8H15N3/c1-9-8(10-4-2-5-10)11-6-3-7-11/h2-7H2,1H3. The summed E-state index contributed by atoms with van der Waals surface area (Å²) in [6.45, 7) is 4.85. The Labute approximate surface area is 67.7 Å². The molecule has 0 aliphatic carbocycles. The second-order valence-corrected chi connectivity index (χ2v) is 3.20. The zero-order valence-electron chi connectivity index (χ0n) is 7.08. The highest BCUT2D eigenvalue weighted by molar-refractivity contribution is 5.81. The summed E-state index contributed by atoms with van der Waals surface area (Å²) in [5, 5.41) is 0. The second kappa shape index (κ2) is 2.72. The van der Waals surface area contributed by atoms with E-state index in [2.05, 4.69) is 14.8 Å². The van der Waals surface area contributed by atoms with Gasteiger partial charge in [-0.25, -0.2) is 0 Å². The van der Waals surface area contributed by atoms with Crippen LogP contribution in [0.5, 0.6) is 0 Å². The lowest BCUT2D eigenvalue weighted by atomic mass is 10.2. The average molecular weight is 153 g/mol. The highest BCUT2D eigenvalue weighted by atomic mass is 15.4. The third kappa shape index (κ3) is 1.08. The molecule has 3 heteroatoms. The highest BCUT2D eigenvalue weighted by Crippen LogP contribution is 2.14. The number of guanidine groups is 1. The first kappa shape index (κ1) is 6.95. The van der Waals surface area contributed by atoms with Crippen molar-refractivity contribution in [1.29, 1.82) is 0 Å². The number of hydrogen-bond donors (Lipinski definition) is 0. The van der Waals surface area contributed by atoms with Crippen molar-refractivity contribution in [3.8, 4) is 0 Å². The monoisotopic (exact) mass is 153 g/mol. The van der Waals surface area contributed by atoms with Gasteiger partial charge in [0.15, 0.2) is 5.96 Å². The fourth-order valence-electron chi connectivity index (χ4n) is 1.52. The number of likely N-dealkylation sites (tertiary alicyclic amines) is 2. The van der Waals surface area contributed by atoms with E-state index in [4.69, 9.17) is 0 Å².